The number of rotatable bonds is 2. The Morgan fingerprint density at radius 1 is 1.24 bits per heavy atom. The fraction of sp³-hybridized carbons (Fsp3) is 0.375. The van der Waals surface area contributed by atoms with Crippen molar-refractivity contribution in [3.8, 4) is 0 Å². The summed E-state index contributed by atoms with van der Waals surface area (Å²) in [6.45, 7) is 2.43. The molecule has 2 aliphatic rings. The molecule has 1 saturated carbocycles. The van der Waals surface area contributed by atoms with Gasteiger partial charge in [-0.2, -0.15) is 0 Å². The van der Waals surface area contributed by atoms with Gasteiger partial charge in [-0.1, -0.05) is 18.2 Å². The van der Waals surface area contributed by atoms with Crippen LogP contribution >= 0.6 is 0 Å². The number of hydrogen-bond donors (Lipinski definition) is 1. The van der Waals surface area contributed by atoms with E-state index in [1.54, 1.807) is 6.20 Å². The Bertz CT molecular complexity index is 720. The van der Waals surface area contributed by atoms with E-state index in [9.17, 15) is 4.79 Å². The van der Waals surface area contributed by atoms with Crippen molar-refractivity contribution in [1.29, 1.82) is 0 Å². The maximum atomic E-state index is 12.7. The Labute approximate surface area is 123 Å². The molecule has 1 aliphatic heterocycles. The van der Waals surface area contributed by atoms with Crippen molar-refractivity contribution in [2.45, 2.75) is 25.4 Å². The largest absolute Gasteiger partial charge is 0.320 e. The second-order valence-corrected chi connectivity index (χ2v) is 5.65. The summed E-state index contributed by atoms with van der Waals surface area (Å²) in [6.07, 6.45) is 5.75. The van der Waals surface area contributed by atoms with E-state index >= 15 is 0 Å². The highest BCUT2D eigenvalue weighted by Gasteiger charge is 2.27. The van der Waals surface area contributed by atoms with E-state index in [1.165, 1.54) is 5.56 Å². The number of hydrogen-bond acceptors (Lipinski definition) is 4. The van der Waals surface area contributed by atoms with Gasteiger partial charge in [-0.3, -0.25) is 4.79 Å². The molecule has 4 rings (SSSR count). The van der Waals surface area contributed by atoms with E-state index in [4.69, 9.17) is 0 Å². The molecule has 1 fully saturated rings. The summed E-state index contributed by atoms with van der Waals surface area (Å²) in [4.78, 5) is 19.1. The third kappa shape index (κ3) is 2.23. The van der Waals surface area contributed by atoms with Crippen molar-refractivity contribution in [1.82, 2.24) is 14.9 Å². The normalized spacial score (nSPS) is 18.2. The van der Waals surface area contributed by atoms with Gasteiger partial charge in [0, 0.05) is 43.8 Å². The molecule has 0 saturated heterocycles. The second kappa shape index (κ2) is 5.00. The van der Waals surface area contributed by atoms with Gasteiger partial charge in [0.1, 0.15) is 0 Å². The molecule has 5 nitrogen and oxygen atoms in total. The molecule has 2 heterocycles. The number of para-hydroxylation sites is 1. The van der Waals surface area contributed by atoms with Crippen LogP contribution in [-0.2, 0) is 6.54 Å². The molecule has 0 amide bonds. The molecular formula is C16H18N4O. The average molecular weight is 282 g/mol. The van der Waals surface area contributed by atoms with Crippen molar-refractivity contribution >= 4 is 11.5 Å². The molecule has 0 spiro atoms. The van der Waals surface area contributed by atoms with Gasteiger partial charge in [0.15, 0.2) is 5.82 Å². The first-order chi connectivity index (χ1) is 10.3. The van der Waals surface area contributed by atoms with Crippen LogP contribution in [0.25, 0.3) is 0 Å². The zero-order valence-corrected chi connectivity index (χ0v) is 11.8. The van der Waals surface area contributed by atoms with E-state index in [2.05, 4.69) is 27.3 Å². The third-order valence-electron chi connectivity index (χ3n) is 4.16. The van der Waals surface area contributed by atoms with E-state index in [0.717, 1.165) is 38.2 Å². The maximum absolute atomic E-state index is 12.7. The van der Waals surface area contributed by atoms with Gasteiger partial charge in [-0.15, -0.1) is 0 Å². The summed E-state index contributed by atoms with van der Waals surface area (Å²) < 4.78 is 1.84. The van der Waals surface area contributed by atoms with E-state index in [1.807, 2.05) is 22.9 Å². The van der Waals surface area contributed by atoms with E-state index < -0.39 is 0 Å². The molecule has 0 radical (unpaired) electrons. The molecule has 0 bridgehead atoms. The fourth-order valence-electron chi connectivity index (χ4n) is 2.92. The molecule has 1 aromatic carbocycles. The van der Waals surface area contributed by atoms with Crippen LogP contribution in [0.3, 0.4) is 0 Å². The maximum Gasteiger partial charge on any atom is 0.294 e. The van der Waals surface area contributed by atoms with Crippen molar-refractivity contribution in [2.75, 3.05) is 18.0 Å². The smallest absolute Gasteiger partial charge is 0.294 e. The van der Waals surface area contributed by atoms with Gasteiger partial charge in [0.25, 0.3) is 5.56 Å². The highest BCUT2D eigenvalue weighted by Crippen LogP contribution is 2.34. The number of nitrogens with one attached hydrogen (secondary N) is 1. The third-order valence-corrected chi connectivity index (χ3v) is 4.16. The van der Waals surface area contributed by atoms with Crippen LogP contribution in [0, 0.1) is 0 Å². The monoisotopic (exact) mass is 282 g/mol. The highest BCUT2D eigenvalue weighted by molar-refractivity contribution is 5.64. The van der Waals surface area contributed by atoms with Crippen molar-refractivity contribution in [3.05, 3.63) is 52.6 Å². The van der Waals surface area contributed by atoms with Crippen LogP contribution in [-0.4, -0.2) is 22.6 Å². The number of aromatic nitrogens is 2. The Hall–Kier alpha value is -2.14. The fourth-order valence-corrected chi connectivity index (χ4v) is 2.92. The Morgan fingerprint density at radius 2 is 2.10 bits per heavy atom. The van der Waals surface area contributed by atoms with Crippen LogP contribution in [0.4, 0.5) is 11.5 Å². The summed E-state index contributed by atoms with van der Waals surface area (Å²) in [5.41, 5.74) is 2.32. The standard InChI is InChI=1S/C16H18N4O/c21-16-15(18-8-10-19(16)13-5-6-13)20-9-7-17-11-12-3-1-2-4-14(12)20/h1-4,8,10,13,17H,5-7,9,11H2. The quantitative estimate of drug-likeness (QED) is 0.913. The van der Waals surface area contributed by atoms with Gasteiger partial charge in [-0.05, 0) is 24.5 Å². The number of benzene rings is 1. The van der Waals surface area contributed by atoms with E-state index in [0.29, 0.717) is 11.9 Å². The molecule has 108 valence electrons. The van der Waals surface area contributed by atoms with Crippen molar-refractivity contribution < 1.29 is 0 Å². The summed E-state index contributed by atoms with van der Waals surface area (Å²) in [5.74, 6) is 0.542. The lowest BCUT2D eigenvalue weighted by Gasteiger charge is -2.23. The van der Waals surface area contributed by atoms with Gasteiger partial charge < -0.3 is 14.8 Å². The van der Waals surface area contributed by atoms with Crippen molar-refractivity contribution in [2.24, 2.45) is 0 Å². The summed E-state index contributed by atoms with van der Waals surface area (Å²) >= 11 is 0. The highest BCUT2D eigenvalue weighted by atomic mass is 16.1. The molecule has 1 aliphatic carbocycles. The van der Waals surface area contributed by atoms with Crippen LogP contribution in [0.2, 0.25) is 0 Å². The number of anilines is 2. The SMILES string of the molecule is O=c1c(N2CCNCc3ccccc32)nccn1C1CC1. The minimum Gasteiger partial charge on any atom is -0.320 e. The molecule has 0 atom stereocenters. The molecule has 1 aromatic heterocycles. The minimum atomic E-state index is 0.0247. The molecule has 0 unspecified atom stereocenters. The lowest BCUT2D eigenvalue weighted by Crippen LogP contribution is -2.32. The minimum absolute atomic E-state index is 0.0247. The van der Waals surface area contributed by atoms with Gasteiger partial charge in [0.05, 0.1) is 0 Å². The second-order valence-electron chi connectivity index (χ2n) is 5.65. The molecular weight excluding hydrogens is 264 g/mol. The lowest BCUT2D eigenvalue weighted by molar-refractivity contribution is 0.685. The van der Waals surface area contributed by atoms with Crippen LogP contribution < -0.4 is 15.8 Å². The van der Waals surface area contributed by atoms with Crippen LogP contribution in [0.15, 0.2) is 41.5 Å². The predicted molar refractivity (Wildman–Crippen MR) is 81.9 cm³/mol. The molecule has 1 N–H and O–H groups in total. The molecule has 2 aromatic rings. The van der Waals surface area contributed by atoms with Gasteiger partial charge in [0.2, 0.25) is 0 Å². The van der Waals surface area contributed by atoms with Crippen LogP contribution in [0.1, 0.15) is 24.4 Å². The Kier molecular flexibility index (Phi) is 3.00. The molecule has 5 heteroatoms. The summed E-state index contributed by atoms with van der Waals surface area (Å²) in [6, 6.07) is 8.59. The zero-order valence-electron chi connectivity index (χ0n) is 11.8. The predicted octanol–water partition coefficient (Wildman–Crippen LogP) is 1.82. The van der Waals surface area contributed by atoms with E-state index in [-0.39, 0.29) is 5.56 Å². The zero-order chi connectivity index (χ0) is 14.2. The first-order valence-electron chi connectivity index (χ1n) is 7.48. The van der Waals surface area contributed by atoms with Gasteiger partial charge in [-0.25, -0.2) is 4.98 Å². The Morgan fingerprint density at radius 3 is 2.95 bits per heavy atom. The molecule has 21 heavy (non-hydrogen) atoms. The number of fused-ring (bicyclic) bond motifs is 1. The van der Waals surface area contributed by atoms with Crippen LogP contribution in [0.5, 0.6) is 0 Å². The van der Waals surface area contributed by atoms with Gasteiger partial charge >= 0.3 is 0 Å². The summed E-state index contributed by atoms with van der Waals surface area (Å²) in [5, 5.41) is 3.39. The average Bonchev–Trinajstić information content (AvgIpc) is 3.34. The first kappa shape index (κ1) is 12.6. The lowest BCUT2D eigenvalue weighted by atomic mass is 10.1. The summed E-state index contributed by atoms with van der Waals surface area (Å²) in [7, 11) is 0. The Balaban J connectivity index is 1.83. The first-order valence-corrected chi connectivity index (χ1v) is 7.48. The van der Waals surface area contributed by atoms with Crippen molar-refractivity contribution in [3.63, 3.8) is 0 Å². The topological polar surface area (TPSA) is 50.2 Å². The number of nitrogens with zero attached hydrogens (tertiary/aromatic N) is 3.